The second-order valence-corrected chi connectivity index (χ2v) is 7.40. The average molecular weight is 475 g/mol. The van der Waals surface area contributed by atoms with Crippen LogP contribution in [0.2, 0.25) is 0 Å². The van der Waals surface area contributed by atoms with Crippen LogP contribution in [0.1, 0.15) is 28.7 Å². The molecule has 0 aliphatic carbocycles. The number of anilines is 1. The Kier molecular flexibility index (Phi) is 6.95. The zero-order valence-electron chi connectivity index (χ0n) is 15.9. The summed E-state index contributed by atoms with van der Waals surface area (Å²) >= 11 is 8.76. The third-order valence-corrected chi connectivity index (χ3v) is 4.69. The van der Waals surface area contributed by atoms with Crippen molar-refractivity contribution in [1.29, 1.82) is 0 Å². The van der Waals surface area contributed by atoms with Crippen molar-refractivity contribution in [3.8, 4) is 11.4 Å². The van der Waals surface area contributed by atoms with Crippen molar-refractivity contribution in [2.24, 2.45) is 0 Å². The fraction of sp³-hybridized carbons (Fsp3) is 0.200. The van der Waals surface area contributed by atoms with Gasteiger partial charge in [-0.15, -0.1) is 0 Å². The maximum absolute atomic E-state index is 11.9. The van der Waals surface area contributed by atoms with E-state index in [0.29, 0.717) is 34.7 Å². The lowest BCUT2D eigenvalue weighted by Crippen LogP contribution is -2.28. The van der Waals surface area contributed by atoms with Crippen LogP contribution in [0.5, 0.6) is 0 Å². The number of benzene rings is 2. The van der Waals surface area contributed by atoms with Crippen molar-refractivity contribution in [3.63, 3.8) is 0 Å². The number of thiocarbonyl (C=S) groups is 1. The van der Waals surface area contributed by atoms with Crippen LogP contribution in [0.3, 0.4) is 0 Å². The molecule has 0 unspecified atom stereocenters. The number of rotatable bonds is 6. The minimum absolute atomic E-state index is 0.267. The summed E-state index contributed by atoms with van der Waals surface area (Å²) in [5.74, 6) is 0.529. The minimum atomic E-state index is -0.375. The van der Waals surface area contributed by atoms with E-state index in [4.69, 9.17) is 21.5 Å². The van der Waals surface area contributed by atoms with Crippen molar-refractivity contribution in [1.82, 2.24) is 15.5 Å². The number of ether oxygens (including phenoxy) is 1. The Morgan fingerprint density at radius 2 is 2.10 bits per heavy atom. The van der Waals surface area contributed by atoms with Crippen LogP contribution in [0.25, 0.3) is 11.4 Å². The third kappa shape index (κ3) is 5.61. The highest BCUT2D eigenvalue weighted by molar-refractivity contribution is 9.10. The number of nitrogens with zero attached hydrogens (tertiary/aromatic N) is 2. The fourth-order valence-corrected chi connectivity index (χ4v) is 3.07. The molecule has 0 aliphatic rings. The van der Waals surface area contributed by atoms with Crippen LogP contribution in [0.4, 0.5) is 5.69 Å². The van der Waals surface area contributed by atoms with Crippen LogP contribution in [0.15, 0.2) is 51.5 Å². The fourth-order valence-electron chi connectivity index (χ4n) is 2.49. The standard InChI is InChI=1S/C20H19BrN4O3S/c1-3-27-19(26)14-8-7-12(2)16(10-14)23-20(29)22-11-17-24-18(25-28-17)13-5-4-6-15(21)9-13/h4-10H,3,11H2,1-2H3,(H2,22,23,29). The van der Waals surface area contributed by atoms with Gasteiger partial charge < -0.3 is 19.9 Å². The molecule has 0 aliphatic heterocycles. The number of hydrogen-bond donors (Lipinski definition) is 2. The van der Waals surface area contributed by atoms with Gasteiger partial charge in [0.15, 0.2) is 5.11 Å². The zero-order valence-corrected chi connectivity index (χ0v) is 18.3. The van der Waals surface area contributed by atoms with Gasteiger partial charge in [0.05, 0.1) is 18.7 Å². The van der Waals surface area contributed by atoms with Gasteiger partial charge >= 0.3 is 5.97 Å². The largest absolute Gasteiger partial charge is 0.462 e. The molecule has 2 aromatic carbocycles. The molecule has 1 aromatic heterocycles. The Morgan fingerprint density at radius 3 is 2.86 bits per heavy atom. The van der Waals surface area contributed by atoms with Gasteiger partial charge in [0.2, 0.25) is 11.7 Å². The predicted octanol–water partition coefficient (Wildman–Crippen LogP) is 4.47. The van der Waals surface area contributed by atoms with Crippen molar-refractivity contribution < 1.29 is 14.1 Å². The first-order chi connectivity index (χ1) is 14.0. The van der Waals surface area contributed by atoms with Gasteiger partial charge in [0.25, 0.3) is 0 Å². The highest BCUT2D eigenvalue weighted by atomic mass is 79.9. The lowest BCUT2D eigenvalue weighted by molar-refractivity contribution is 0.0526. The summed E-state index contributed by atoms with van der Waals surface area (Å²) < 4.78 is 11.2. The number of esters is 1. The molecule has 0 radical (unpaired) electrons. The number of aromatic nitrogens is 2. The van der Waals surface area contributed by atoms with Gasteiger partial charge in [0, 0.05) is 15.7 Å². The zero-order chi connectivity index (χ0) is 20.8. The first-order valence-electron chi connectivity index (χ1n) is 8.87. The van der Waals surface area contributed by atoms with Crippen LogP contribution >= 0.6 is 28.1 Å². The molecule has 9 heteroatoms. The summed E-state index contributed by atoms with van der Waals surface area (Å²) in [4.78, 5) is 16.3. The van der Waals surface area contributed by atoms with Gasteiger partial charge in [-0.1, -0.05) is 39.3 Å². The van der Waals surface area contributed by atoms with Crippen LogP contribution in [-0.4, -0.2) is 27.8 Å². The predicted molar refractivity (Wildman–Crippen MR) is 118 cm³/mol. The summed E-state index contributed by atoms with van der Waals surface area (Å²) in [6.07, 6.45) is 0. The molecule has 150 valence electrons. The molecule has 0 saturated carbocycles. The number of carbonyl (C=O) groups is 1. The van der Waals surface area contributed by atoms with E-state index in [1.54, 1.807) is 19.1 Å². The van der Waals surface area contributed by atoms with E-state index in [2.05, 4.69) is 36.7 Å². The second-order valence-electron chi connectivity index (χ2n) is 6.08. The Hall–Kier alpha value is -2.78. The normalized spacial score (nSPS) is 10.4. The van der Waals surface area contributed by atoms with E-state index in [-0.39, 0.29) is 12.5 Å². The van der Waals surface area contributed by atoms with E-state index in [1.165, 1.54) is 0 Å². The first-order valence-corrected chi connectivity index (χ1v) is 10.1. The molecular formula is C20H19BrN4O3S. The molecular weight excluding hydrogens is 456 g/mol. The molecule has 29 heavy (non-hydrogen) atoms. The number of halogens is 1. The number of nitrogens with one attached hydrogen (secondary N) is 2. The van der Waals surface area contributed by atoms with Crippen molar-refractivity contribution in [2.75, 3.05) is 11.9 Å². The van der Waals surface area contributed by atoms with E-state index < -0.39 is 0 Å². The molecule has 0 spiro atoms. The van der Waals surface area contributed by atoms with E-state index >= 15 is 0 Å². The van der Waals surface area contributed by atoms with Crippen LogP contribution < -0.4 is 10.6 Å². The van der Waals surface area contributed by atoms with Gasteiger partial charge in [-0.25, -0.2) is 4.79 Å². The lowest BCUT2D eigenvalue weighted by atomic mass is 10.1. The monoisotopic (exact) mass is 474 g/mol. The molecule has 3 rings (SSSR count). The first kappa shape index (κ1) is 20.9. The maximum atomic E-state index is 11.9. The molecule has 0 fully saturated rings. The molecule has 7 nitrogen and oxygen atoms in total. The third-order valence-electron chi connectivity index (χ3n) is 3.95. The summed E-state index contributed by atoms with van der Waals surface area (Å²) in [6, 6.07) is 12.9. The van der Waals surface area contributed by atoms with E-state index in [1.807, 2.05) is 37.3 Å². The molecule has 0 bridgehead atoms. The highest BCUT2D eigenvalue weighted by Crippen LogP contribution is 2.20. The topological polar surface area (TPSA) is 89.3 Å². The lowest BCUT2D eigenvalue weighted by Gasteiger charge is -2.12. The molecule has 0 saturated heterocycles. The van der Waals surface area contributed by atoms with Gasteiger partial charge in [-0.05, 0) is 55.9 Å². The summed E-state index contributed by atoms with van der Waals surface area (Å²) in [5.41, 5.74) is 2.96. The molecule has 1 heterocycles. The second kappa shape index (κ2) is 9.62. The molecule has 2 N–H and O–H groups in total. The molecule has 3 aromatic rings. The smallest absolute Gasteiger partial charge is 0.338 e. The number of hydrogen-bond acceptors (Lipinski definition) is 6. The average Bonchev–Trinajstić information content (AvgIpc) is 3.17. The Morgan fingerprint density at radius 1 is 1.28 bits per heavy atom. The highest BCUT2D eigenvalue weighted by Gasteiger charge is 2.12. The van der Waals surface area contributed by atoms with Crippen LogP contribution in [0, 0.1) is 6.92 Å². The SMILES string of the molecule is CCOC(=O)c1ccc(C)c(NC(=S)NCc2nc(-c3cccc(Br)c3)no2)c1. The quantitative estimate of drug-likeness (QED) is 0.399. The van der Waals surface area contributed by atoms with Gasteiger partial charge in [0.1, 0.15) is 0 Å². The van der Waals surface area contributed by atoms with E-state index in [0.717, 1.165) is 15.6 Å². The molecule has 0 amide bonds. The van der Waals surface area contributed by atoms with Crippen molar-refractivity contribution in [3.05, 3.63) is 64.0 Å². The number of aryl methyl sites for hydroxylation is 1. The Bertz CT molecular complexity index is 1040. The summed E-state index contributed by atoms with van der Waals surface area (Å²) in [5, 5.41) is 10.5. The Balaban J connectivity index is 1.61. The van der Waals surface area contributed by atoms with Gasteiger partial charge in [-0.3, -0.25) is 0 Å². The molecule has 0 atom stereocenters. The summed E-state index contributed by atoms with van der Waals surface area (Å²) in [7, 11) is 0. The number of carbonyl (C=O) groups excluding carboxylic acids is 1. The maximum Gasteiger partial charge on any atom is 0.338 e. The van der Waals surface area contributed by atoms with E-state index in [9.17, 15) is 4.79 Å². The van der Waals surface area contributed by atoms with Gasteiger partial charge in [-0.2, -0.15) is 4.98 Å². The summed E-state index contributed by atoms with van der Waals surface area (Å²) in [6.45, 7) is 4.27. The Labute approximate surface area is 182 Å². The van der Waals surface area contributed by atoms with Crippen molar-refractivity contribution >= 4 is 44.9 Å². The van der Waals surface area contributed by atoms with Crippen molar-refractivity contribution in [2.45, 2.75) is 20.4 Å². The van der Waals surface area contributed by atoms with Crippen LogP contribution in [-0.2, 0) is 11.3 Å². The minimum Gasteiger partial charge on any atom is -0.462 e.